The van der Waals surface area contributed by atoms with Crippen molar-refractivity contribution in [2.75, 3.05) is 85.0 Å². The Hall–Kier alpha value is -1.80. The van der Waals surface area contributed by atoms with E-state index in [1.54, 1.807) is 10.9 Å². The number of amides is 1. The van der Waals surface area contributed by atoms with Gasteiger partial charge in [0.2, 0.25) is 0 Å². The number of ether oxygens (including phenoxy) is 6. The highest BCUT2D eigenvalue weighted by Crippen LogP contribution is 2.23. The molecule has 16 nitrogen and oxygen atoms in total. The lowest BCUT2D eigenvalue weighted by Gasteiger charge is -2.40. The van der Waals surface area contributed by atoms with Gasteiger partial charge >= 0.3 is 0 Å². The van der Waals surface area contributed by atoms with Crippen LogP contribution in [0.4, 0.5) is 0 Å². The zero-order valence-corrected chi connectivity index (χ0v) is 23.7. The van der Waals surface area contributed by atoms with Gasteiger partial charge in [-0.05, 0) is 0 Å². The van der Waals surface area contributed by atoms with E-state index in [2.05, 4.69) is 20.5 Å². The minimum atomic E-state index is -2.91. The zero-order chi connectivity index (χ0) is 29.0. The lowest BCUT2D eigenvalue weighted by molar-refractivity contribution is -0.287. The molecule has 2 aliphatic heterocycles. The number of sulfone groups is 1. The molecule has 3 rings (SSSR count). The van der Waals surface area contributed by atoms with Crippen molar-refractivity contribution in [1.29, 1.82) is 0 Å². The van der Waals surface area contributed by atoms with Crippen molar-refractivity contribution in [2.45, 2.75) is 43.8 Å². The van der Waals surface area contributed by atoms with Crippen molar-refractivity contribution in [3.8, 4) is 0 Å². The van der Waals surface area contributed by atoms with Crippen LogP contribution in [0.2, 0.25) is 0 Å². The van der Waals surface area contributed by atoms with Crippen LogP contribution in [0.5, 0.6) is 0 Å². The number of carbonyl (C=O) groups excluding carboxylic acids is 1. The van der Waals surface area contributed by atoms with Crippen LogP contribution in [0.15, 0.2) is 6.20 Å². The summed E-state index contributed by atoms with van der Waals surface area (Å²) >= 11 is 0. The monoisotopic (exact) mass is 595 g/mol. The van der Waals surface area contributed by atoms with Gasteiger partial charge < -0.3 is 44.0 Å². The molecule has 5 atom stereocenters. The van der Waals surface area contributed by atoms with Crippen molar-refractivity contribution in [2.24, 2.45) is 0 Å². The molecule has 0 spiro atoms. The molecule has 0 bridgehead atoms. The molecule has 0 saturated carbocycles. The number of carbonyl (C=O) groups is 1. The van der Waals surface area contributed by atoms with Gasteiger partial charge in [-0.1, -0.05) is 5.21 Å². The van der Waals surface area contributed by atoms with Gasteiger partial charge in [-0.25, -0.2) is 13.1 Å². The summed E-state index contributed by atoms with van der Waals surface area (Å²) in [5.74, 6) is -0.159. The molecule has 1 unspecified atom stereocenters. The molecule has 2 aliphatic rings. The van der Waals surface area contributed by atoms with Gasteiger partial charge in [-0.2, -0.15) is 0 Å². The lowest BCUT2D eigenvalue weighted by atomic mass is 9.98. The Labute approximate surface area is 233 Å². The topological polar surface area (TPSA) is 193 Å². The Balaban J connectivity index is 1.18. The largest absolute Gasteiger partial charge is 0.387 e. The van der Waals surface area contributed by atoms with E-state index < -0.39 is 46.5 Å². The fourth-order valence-corrected chi connectivity index (χ4v) is 5.55. The number of hydrogen-bond acceptors (Lipinski definition) is 14. The lowest BCUT2D eigenvalue weighted by Crippen LogP contribution is -2.62. The van der Waals surface area contributed by atoms with Gasteiger partial charge in [-0.15, -0.1) is 5.10 Å². The van der Waals surface area contributed by atoms with Crippen molar-refractivity contribution < 1.29 is 51.8 Å². The SMILES string of the molecule is CO[C@@H]1OC(C(=O)NCCOCCOCCOCCn2nncc2CN2CCS(=O)(=O)CC2)[C@@H](OC)[C@H](O)[C@@H]1O. The van der Waals surface area contributed by atoms with Crippen LogP contribution < -0.4 is 5.32 Å². The molecule has 230 valence electrons. The van der Waals surface area contributed by atoms with Crippen LogP contribution in [0, 0.1) is 0 Å². The molecular formula is C23H41N5O11S. The standard InChI is InChI=1S/C23H41N5O11S/c1-34-20-18(29)19(30)23(35-2)39-21(20)22(31)24-3-7-36-9-11-38-12-10-37-8-4-28-17(15-25-26-28)16-27-5-13-40(32,33)14-6-27/h15,18-21,23,29-30H,3-14,16H2,1-2H3,(H,24,31)/t18-,19+,20+,21?,23-/m1/s1. The Morgan fingerprint density at radius 3 is 2.33 bits per heavy atom. The van der Waals surface area contributed by atoms with Crippen molar-refractivity contribution >= 4 is 15.7 Å². The summed E-state index contributed by atoms with van der Waals surface area (Å²) in [6, 6.07) is 0. The fraction of sp³-hybridized carbons (Fsp3) is 0.870. The van der Waals surface area contributed by atoms with E-state index in [9.17, 15) is 23.4 Å². The number of rotatable bonds is 17. The smallest absolute Gasteiger partial charge is 0.252 e. The van der Waals surface area contributed by atoms with Crippen LogP contribution >= 0.6 is 0 Å². The first kappa shape index (κ1) is 32.7. The third-order valence-electron chi connectivity index (χ3n) is 6.56. The summed E-state index contributed by atoms with van der Waals surface area (Å²) in [7, 11) is -0.297. The molecule has 0 aromatic carbocycles. The summed E-state index contributed by atoms with van der Waals surface area (Å²) < 4.78 is 57.0. The number of nitrogens with zero attached hydrogens (tertiary/aromatic N) is 4. The van der Waals surface area contributed by atoms with Crippen molar-refractivity contribution in [1.82, 2.24) is 25.2 Å². The summed E-state index contributed by atoms with van der Waals surface area (Å²) in [5.41, 5.74) is 0.910. The maximum absolute atomic E-state index is 12.5. The van der Waals surface area contributed by atoms with Gasteiger partial charge in [0.05, 0.1) is 69.6 Å². The first-order chi connectivity index (χ1) is 19.3. The molecule has 3 heterocycles. The summed E-state index contributed by atoms with van der Waals surface area (Å²) in [4.78, 5) is 14.5. The Kier molecular flexibility index (Phi) is 13.6. The minimum absolute atomic E-state index is 0.179. The van der Waals surface area contributed by atoms with Crippen LogP contribution in [0.25, 0.3) is 0 Å². The number of aromatic nitrogens is 3. The van der Waals surface area contributed by atoms with Crippen LogP contribution in [0.1, 0.15) is 5.69 Å². The quantitative estimate of drug-likeness (QED) is 0.152. The fourth-order valence-electron chi connectivity index (χ4n) is 4.27. The van der Waals surface area contributed by atoms with Gasteiger partial charge in [0.1, 0.15) is 18.3 Å². The number of aliphatic hydroxyl groups is 2. The van der Waals surface area contributed by atoms with E-state index in [1.807, 2.05) is 0 Å². The van der Waals surface area contributed by atoms with Crippen molar-refractivity contribution in [3.63, 3.8) is 0 Å². The van der Waals surface area contributed by atoms with E-state index in [4.69, 9.17) is 28.4 Å². The molecule has 3 N–H and O–H groups in total. The third-order valence-corrected chi connectivity index (χ3v) is 8.17. The summed E-state index contributed by atoms with van der Waals surface area (Å²) in [6.07, 6.45) is -4.34. The highest BCUT2D eigenvalue weighted by molar-refractivity contribution is 7.91. The molecule has 1 aromatic rings. The molecule has 2 saturated heterocycles. The number of aliphatic hydroxyl groups excluding tert-OH is 2. The number of hydrogen-bond donors (Lipinski definition) is 3. The normalized spacial score (nSPS) is 27.1. The van der Waals surface area contributed by atoms with Crippen LogP contribution in [0.3, 0.4) is 0 Å². The highest BCUT2D eigenvalue weighted by atomic mass is 32.2. The second kappa shape index (κ2) is 16.6. The predicted molar refractivity (Wildman–Crippen MR) is 138 cm³/mol. The second-order valence-corrected chi connectivity index (χ2v) is 11.7. The maximum Gasteiger partial charge on any atom is 0.252 e. The molecule has 1 aromatic heterocycles. The van der Waals surface area contributed by atoms with Crippen molar-refractivity contribution in [3.05, 3.63) is 11.9 Å². The average Bonchev–Trinajstić information content (AvgIpc) is 3.38. The number of nitrogens with one attached hydrogen (secondary N) is 1. The molecule has 17 heteroatoms. The molecular weight excluding hydrogens is 554 g/mol. The van der Waals surface area contributed by atoms with E-state index in [0.717, 1.165) is 5.69 Å². The van der Waals surface area contributed by atoms with E-state index >= 15 is 0 Å². The van der Waals surface area contributed by atoms with Crippen LogP contribution in [-0.2, 0) is 56.1 Å². The predicted octanol–water partition coefficient (Wildman–Crippen LogP) is -3.22. The number of methoxy groups -OCH3 is 2. The third kappa shape index (κ3) is 9.93. The first-order valence-corrected chi connectivity index (χ1v) is 15.0. The maximum atomic E-state index is 12.5. The average molecular weight is 596 g/mol. The van der Waals surface area contributed by atoms with E-state index in [0.29, 0.717) is 59.2 Å². The van der Waals surface area contributed by atoms with Gasteiger partial charge in [0.25, 0.3) is 5.91 Å². The second-order valence-electron chi connectivity index (χ2n) is 9.35. The molecule has 0 radical (unpaired) electrons. The Bertz CT molecular complexity index is 984. The van der Waals surface area contributed by atoms with Crippen LogP contribution in [-0.4, -0.2) is 160 Å². The molecule has 1 amide bonds. The Morgan fingerprint density at radius 2 is 1.68 bits per heavy atom. The van der Waals surface area contributed by atoms with E-state index in [-0.39, 0.29) is 24.7 Å². The summed E-state index contributed by atoms with van der Waals surface area (Å²) in [5, 5.41) is 30.8. The molecule has 2 fully saturated rings. The van der Waals surface area contributed by atoms with Gasteiger partial charge in [0, 0.05) is 40.4 Å². The highest BCUT2D eigenvalue weighted by Gasteiger charge is 2.48. The molecule has 0 aliphatic carbocycles. The van der Waals surface area contributed by atoms with Gasteiger partial charge in [-0.3, -0.25) is 9.69 Å². The summed E-state index contributed by atoms with van der Waals surface area (Å²) in [6.45, 7) is 4.48. The zero-order valence-electron chi connectivity index (χ0n) is 22.9. The Morgan fingerprint density at radius 1 is 1.02 bits per heavy atom. The molecule has 40 heavy (non-hydrogen) atoms. The minimum Gasteiger partial charge on any atom is -0.387 e. The first-order valence-electron chi connectivity index (χ1n) is 13.1. The van der Waals surface area contributed by atoms with Gasteiger partial charge in [0.15, 0.2) is 22.2 Å². The van der Waals surface area contributed by atoms with E-state index in [1.165, 1.54) is 14.2 Å².